The van der Waals surface area contributed by atoms with Crippen LogP contribution in [-0.4, -0.2) is 31.9 Å². The van der Waals surface area contributed by atoms with Gasteiger partial charge in [-0.1, -0.05) is 12.1 Å². The summed E-state index contributed by atoms with van der Waals surface area (Å²) in [7, 11) is 1.63. The average Bonchev–Trinajstić information content (AvgIpc) is 3.50. The highest BCUT2D eigenvalue weighted by molar-refractivity contribution is 6.01. The topological polar surface area (TPSA) is 57.3 Å². The molecule has 2 heterocycles. The van der Waals surface area contributed by atoms with Crippen LogP contribution < -0.4 is 9.47 Å². The molecule has 0 saturated carbocycles. The summed E-state index contributed by atoms with van der Waals surface area (Å²) in [5.41, 5.74) is 1.61. The third-order valence-electron chi connectivity index (χ3n) is 4.74. The highest BCUT2D eigenvalue weighted by atomic mass is 16.7. The number of ketones is 1. The number of rotatable bonds is 6. The fourth-order valence-corrected chi connectivity index (χ4v) is 3.18. The van der Waals surface area contributed by atoms with Gasteiger partial charge in [0.2, 0.25) is 0 Å². The first-order chi connectivity index (χ1) is 12.7. The van der Waals surface area contributed by atoms with Crippen LogP contribution in [0.25, 0.3) is 0 Å². The smallest absolute Gasteiger partial charge is 0.199 e. The number of Topliss-reactive ketones (excluding diaryl/α,β-unsaturated/α-hetero) is 1. The van der Waals surface area contributed by atoms with E-state index in [1.54, 1.807) is 19.2 Å². The quantitative estimate of drug-likeness (QED) is 0.581. The Labute approximate surface area is 152 Å². The molecule has 5 nitrogen and oxygen atoms in total. The Morgan fingerprint density at radius 1 is 1.00 bits per heavy atom. The van der Waals surface area contributed by atoms with E-state index >= 15 is 0 Å². The molecule has 2 saturated heterocycles. The number of carbonyl (C=O) groups is 1. The summed E-state index contributed by atoms with van der Waals surface area (Å²) < 4.78 is 22.1. The van der Waals surface area contributed by atoms with Crippen LogP contribution in [0, 0.1) is 0 Å². The predicted octanol–water partition coefficient (Wildman–Crippen LogP) is 3.92. The molecule has 2 aromatic carbocycles. The van der Waals surface area contributed by atoms with Crippen molar-refractivity contribution >= 4 is 5.78 Å². The standard InChI is InChI=1S/C21H22O5/c1-23-16-9-7-15(8-10-16)20-21(26-20)19(22)14-5-11-17(12-6-14)25-18-4-2-3-13-24-18/h5-12,18,20-21H,2-4,13H2,1H3. The van der Waals surface area contributed by atoms with Crippen molar-refractivity contribution in [1.29, 1.82) is 0 Å². The molecule has 2 aromatic rings. The van der Waals surface area contributed by atoms with Crippen LogP contribution >= 0.6 is 0 Å². The Balaban J connectivity index is 1.36. The van der Waals surface area contributed by atoms with Crippen LogP contribution in [0.1, 0.15) is 41.3 Å². The predicted molar refractivity (Wildman–Crippen MR) is 95.6 cm³/mol. The number of carbonyl (C=O) groups excluding carboxylic acids is 1. The van der Waals surface area contributed by atoms with Gasteiger partial charge in [0, 0.05) is 12.0 Å². The fourth-order valence-electron chi connectivity index (χ4n) is 3.18. The second kappa shape index (κ2) is 7.48. The van der Waals surface area contributed by atoms with Crippen LogP contribution in [0.3, 0.4) is 0 Å². The van der Waals surface area contributed by atoms with Crippen LogP contribution in [0.15, 0.2) is 48.5 Å². The van der Waals surface area contributed by atoms with E-state index in [0.717, 1.165) is 42.9 Å². The molecule has 0 bridgehead atoms. The zero-order valence-electron chi connectivity index (χ0n) is 14.7. The average molecular weight is 354 g/mol. The number of ether oxygens (including phenoxy) is 4. The molecule has 26 heavy (non-hydrogen) atoms. The van der Waals surface area contributed by atoms with Crippen molar-refractivity contribution in [1.82, 2.24) is 0 Å². The second-order valence-corrected chi connectivity index (χ2v) is 6.55. The van der Waals surface area contributed by atoms with Gasteiger partial charge in [-0.05, 0) is 54.8 Å². The van der Waals surface area contributed by atoms with E-state index in [-0.39, 0.29) is 18.2 Å². The van der Waals surface area contributed by atoms with Gasteiger partial charge in [-0.2, -0.15) is 0 Å². The first-order valence-electron chi connectivity index (χ1n) is 8.96. The van der Waals surface area contributed by atoms with E-state index in [9.17, 15) is 4.79 Å². The van der Waals surface area contributed by atoms with E-state index in [1.165, 1.54) is 0 Å². The number of benzene rings is 2. The zero-order valence-corrected chi connectivity index (χ0v) is 14.7. The van der Waals surface area contributed by atoms with Crippen LogP contribution in [0.4, 0.5) is 0 Å². The molecule has 0 radical (unpaired) electrons. The van der Waals surface area contributed by atoms with Crippen LogP contribution in [0.5, 0.6) is 11.5 Å². The van der Waals surface area contributed by atoms with Crippen molar-refractivity contribution in [2.24, 2.45) is 0 Å². The molecule has 2 fully saturated rings. The van der Waals surface area contributed by atoms with E-state index in [1.807, 2.05) is 36.4 Å². The van der Waals surface area contributed by atoms with Gasteiger partial charge >= 0.3 is 0 Å². The van der Waals surface area contributed by atoms with E-state index in [4.69, 9.17) is 18.9 Å². The summed E-state index contributed by atoms with van der Waals surface area (Å²) in [6.07, 6.45) is 2.32. The second-order valence-electron chi connectivity index (χ2n) is 6.55. The van der Waals surface area contributed by atoms with Crippen LogP contribution in [0.2, 0.25) is 0 Å². The molecule has 136 valence electrons. The van der Waals surface area contributed by atoms with E-state index in [0.29, 0.717) is 5.56 Å². The molecule has 2 aliphatic heterocycles. The summed E-state index contributed by atoms with van der Waals surface area (Å²) >= 11 is 0. The van der Waals surface area contributed by atoms with Gasteiger partial charge in [0.25, 0.3) is 0 Å². The first kappa shape index (κ1) is 17.1. The molecule has 0 spiro atoms. The summed E-state index contributed by atoms with van der Waals surface area (Å²) in [5.74, 6) is 1.50. The van der Waals surface area contributed by atoms with Crippen molar-refractivity contribution < 1.29 is 23.7 Å². The Morgan fingerprint density at radius 3 is 2.38 bits per heavy atom. The fraction of sp³-hybridized carbons (Fsp3) is 0.381. The highest BCUT2D eigenvalue weighted by Gasteiger charge is 2.46. The normalized spacial score (nSPS) is 24.7. The minimum Gasteiger partial charge on any atom is -0.497 e. The van der Waals surface area contributed by atoms with E-state index < -0.39 is 6.10 Å². The van der Waals surface area contributed by atoms with Gasteiger partial charge in [-0.25, -0.2) is 0 Å². The molecule has 4 rings (SSSR count). The lowest BCUT2D eigenvalue weighted by Gasteiger charge is -2.23. The maximum Gasteiger partial charge on any atom is 0.199 e. The maximum absolute atomic E-state index is 12.6. The molecule has 3 atom stereocenters. The van der Waals surface area contributed by atoms with Crippen molar-refractivity contribution in [3.05, 3.63) is 59.7 Å². The van der Waals surface area contributed by atoms with Gasteiger partial charge in [-0.3, -0.25) is 4.79 Å². The molecular weight excluding hydrogens is 332 g/mol. The summed E-state index contributed by atoms with van der Waals surface area (Å²) in [6, 6.07) is 14.8. The minimum absolute atomic E-state index is 0.00807. The highest BCUT2D eigenvalue weighted by Crippen LogP contribution is 2.41. The lowest BCUT2D eigenvalue weighted by Crippen LogP contribution is -2.24. The van der Waals surface area contributed by atoms with Crippen LogP contribution in [-0.2, 0) is 9.47 Å². The summed E-state index contributed by atoms with van der Waals surface area (Å²) in [5, 5.41) is 0. The minimum atomic E-state index is -0.420. The van der Waals surface area contributed by atoms with Gasteiger partial charge in [0.1, 0.15) is 17.6 Å². The van der Waals surface area contributed by atoms with Gasteiger partial charge in [-0.15, -0.1) is 0 Å². The third kappa shape index (κ3) is 3.74. The molecule has 2 aliphatic rings. The molecule has 0 aromatic heterocycles. The molecule has 0 aliphatic carbocycles. The molecule has 0 N–H and O–H groups in total. The molecular formula is C21H22O5. The SMILES string of the molecule is COc1ccc(C2OC2C(=O)c2ccc(OC3CCCCO3)cc2)cc1. The third-order valence-corrected chi connectivity index (χ3v) is 4.74. The lowest BCUT2D eigenvalue weighted by atomic mass is 10.0. The molecule has 0 amide bonds. The van der Waals surface area contributed by atoms with Gasteiger partial charge < -0.3 is 18.9 Å². The van der Waals surface area contributed by atoms with E-state index in [2.05, 4.69) is 0 Å². The van der Waals surface area contributed by atoms with Gasteiger partial charge in [0.15, 0.2) is 18.2 Å². The number of hydrogen-bond acceptors (Lipinski definition) is 5. The summed E-state index contributed by atoms with van der Waals surface area (Å²) in [6.45, 7) is 0.743. The van der Waals surface area contributed by atoms with Crippen molar-refractivity contribution in [3.8, 4) is 11.5 Å². The van der Waals surface area contributed by atoms with Crippen molar-refractivity contribution in [2.45, 2.75) is 37.8 Å². The Bertz CT molecular complexity index is 747. The number of hydrogen-bond donors (Lipinski definition) is 0. The molecule has 5 heteroatoms. The summed E-state index contributed by atoms with van der Waals surface area (Å²) in [4.78, 5) is 12.6. The van der Waals surface area contributed by atoms with Crippen molar-refractivity contribution in [2.75, 3.05) is 13.7 Å². The zero-order chi connectivity index (χ0) is 17.9. The monoisotopic (exact) mass is 354 g/mol. The largest absolute Gasteiger partial charge is 0.497 e. The van der Waals surface area contributed by atoms with Crippen molar-refractivity contribution in [3.63, 3.8) is 0 Å². The number of methoxy groups -OCH3 is 1. The first-order valence-corrected chi connectivity index (χ1v) is 8.96. The number of epoxide rings is 1. The van der Waals surface area contributed by atoms with Gasteiger partial charge in [0.05, 0.1) is 13.7 Å². The molecule has 3 unspecified atom stereocenters. The Hall–Kier alpha value is -2.37. The Morgan fingerprint density at radius 2 is 1.73 bits per heavy atom. The lowest BCUT2D eigenvalue weighted by molar-refractivity contribution is -0.105. The Kier molecular flexibility index (Phi) is 4.91. The maximum atomic E-state index is 12.6.